The Kier molecular flexibility index (Phi) is 2.30. The van der Waals surface area contributed by atoms with Gasteiger partial charge in [0.25, 0.3) is 0 Å². The summed E-state index contributed by atoms with van der Waals surface area (Å²) >= 11 is 5.38. The van der Waals surface area contributed by atoms with Gasteiger partial charge in [-0.2, -0.15) is 13.2 Å². The van der Waals surface area contributed by atoms with Gasteiger partial charge in [-0.15, -0.1) is 0 Å². The van der Waals surface area contributed by atoms with Crippen molar-refractivity contribution in [3.05, 3.63) is 22.7 Å². The summed E-state index contributed by atoms with van der Waals surface area (Å²) in [6.45, 7) is 0. The van der Waals surface area contributed by atoms with Crippen molar-refractivity contribution in [2.45, 2.75) is 6.18 Å². The van der Waals surface area contributed by atoms with Gasteiger partial charge in [-0.3, -0.25) is 0 Å². The number of nitrogens with two attached hydrogens (primary N) is 1. The summed E-state index contributed by atoms with van der Waals surface area (Å²) in [5, 5.41) is 8.88. The molecule has 0 saturated heterocycles. The molecule has 0 saturated carbocycles. The molecule has 0 atom stereocenters. The number of phenolic OH excluding ortho intramolecular Hbond substituents is 1. The summed E-state index contributed by atoms with van der Waals surface area (Å²) < 4.78 is 36.3. The second-order valence-corrected chi connectivity index (χ2v) is 2.76. The van der Waals surface area contributed by atoms with Crippen molar-refractivity contribution in [2.75, 3.05) is 5.73 Å². The molecular weight excluding hydrogens is 207 g/mol. The minimum Gasteiger partial charge on any atom is -0.505 e. The number of benzene rings is 1. The Balaban J connectivity index is 3.35. The fourth-order valence-electron chi connectivity index (χ4n) is 0.812. The molecule has 0 bridgehead atoms. The van der Waals surface area contributed by atoms with Crippen LogP contribution in [0.3, 0.4) is 0 Å². The average molecular weight is 212 g/mol. The zero-order valence-corrected chi connectivity index (χ0v) is 6.95. The van der Waals surface area contributed by atoms with Gasteiger partial charge in [0.05, 0.1) is 16.3 Å². The van der Waals surface area contributed by atoms with E-state index in [0.29, 0.717) is 6.07 Å². The van der Waals surface area contributed by atoms with Crippen LogP contribution in [0, 0.1) is 0 Å². The van der Waals surface area contributed by atoms with E-state index in [4.69, 9.17) is 22.4 Å². The van der Waals surface area contributed by atoms with Gasteiger partial charge in [0, 0.05) is 0 Å². The number of hydrogen-bond acceptors (Lipinski definition) is 2. The van der Waals surface area contributed by atoms with Crippen LogP contribution in [-0.4, -0.2) is 5.11 Å². The smallest absolute Gasteiger partial charge is 0.420 e. The van der Waals surface area contributed by atoms with Gasteiger partial charge in [-0.05, 0) is 12.1 Å². The molecule has 0 amide bonds. The number of halogens is 4. The third-order valence-corrected chi connectivity index (χ3v) is 1.80. The molecule has 0 aliphatic heterocycles. The number of rotatable bonds is 0. The quantitative estimate of drug-likeness (QED) is 0.512. The Hall–Kier alpha value is -1.10. The molecule has 1 aromatic carbocycles. The van der Waals surface area contributed by atoms with Crippen molar-refractivity contribution >= 4 is 17.3 Å². The number of nitrogen functional groups attached to an aromatic ring is 1. The third-order valence-electron chi connectivity index (χ3n) is 1.47. The third kappa shape index (κ3) is 1.80. The second kappa shape index (κ2) is 2.99. The van der Waals surface area contributed by atoms with Crippen molar-refractivity contribution < 1.29 is 18.3 Å². The second-order valence-electron chi connectivity index (χ2n) is 2.35. The summed E-state index contributed by atoms with van der Waals surface area (Å²) in [5.41, 5.74) is 3.45. The number of aromatic hydroxyl groups is 1. The highest BCUT2D eigenvalue weighted by Gasteiger charge is 2.34. The van der Waals surface area contributed by atoms with E-state index in [0.717, 1.165) is 6.07 Å². The molecule has 13 heavy (non-hydrogen) atoms. The summed E-state index contributed by atoms with van der Waals surface area (Å²) in [6.07, 6.45) is -4.62. The van der Waals surface area contributed by atoms with Gasteiger partial charge in [-0.25, -0.2) is 0 Å². The van der Waals surface area contributed by atoms with Crippen molar-refractivity contribution in [1.82, 2.24) is 0 Å². The minimum absolute atomic E-state index is 0.106. The first-order valence-electron chi connectivity index (χ1n) is 3.18. The van der Waals surface area contributed by atoms with E-state index in [2.05, 4.69) is 0 Å². The standard InChI is InChI=1S/C7H5ClF3NO/c8-4-2-1-3(7(9,10)11)6(13)5(4)12/h1-2,13H,12H2. The predicted molar refractivity (Wildman–Crippen MR) is 42.5 cm³/mol. The molecule has 6 heteroatoms. The van der Waals surface area contributed by atoms with Crippen molar-refractivity contribution in [3.63, 3.8) is 0 Å². The average Bonchev–Trinajstić information content (AvgIpc) is 1.98. The van der Waals surface area contributed by atoms with Crippen LogP contribution in [0.4, 0.5) is 18.9 Å². The predicted octanol–water partition coefficient (Wildman–Crippen LogP) is 2.65. The molecule has 0 spiro atoms. The van der Waals surface area contributed by atoms with E-state index in [-0.39, 0.29) is 5.02 Å². The van der Waals surface area contributed by atoms with Crippen LogP contribution in [-0.2, 0) is 6.18 Å². The van der Waals surface area contributed by atoms with Gasteiger partial charge in [0.15, 0.2) is 5.75 Å². The largest absolute Gasteiger partial charge is 0.505 e. The highest BCUT2D eigenvalue weighted by molar-refractivity contribution is 6.33. The lowest BCUT2D eigenvalue weighted by molar-refractivity contribution is -0.138. The Labute approximate surface area is 76.7 Å². The molecule has 1 aromatic rings. The summed E-state index contributed by atoms with van der Waals surface area (Å²) in [7, 11) is 0. The zero-order chi connectivity index (χ0) is 10.2. The number of anilines is 1. The first-order chi connectivity index (χ1) is 5.84. The normalized spacial score (nSPS) is 11.7. The summed E-state index contributed by atoms with van der Waals surface area (Å²) in [6, 6.07) is 1.66. The van der Waals surface area contributed by atoms with E-state index in [1.54, 1.807) is 0 Å². The molecule has 0 aromatic heterocycles. The van der Waals surface area contributed by atoms with Crippen LogP contribution in [0.1, 0.15) is 5.56 Å². The van der Waals surface area contributed by atoms with Crippen LogP contribution in [0.25, 0.3) is 0 Å². The number of alkyl halides is 3. The molecule has 72 valence electrons. The molecule has 0 radical (unpaired) electrons. The number of hydrogen-bond donors (Lipinski definition) is 2. The van der Waals surface area contributed by atoms with Crippen molar-refractivity contribution in [1.29, 1.82) is 0 Å². The molecule has 0 fully saturated rings. The molecule has 0 aliphatic rings. The summed E-state index contributed by atoms with van der Waals surface area (Å²) in [5.74, 6) is -1.03. The van der Waals surface area contributed by atoms with E-state index in [9.17, 15) is 13.2 Å². The Morgan fingerprint density at radius 3 is 2.31 bits per heavy atom. The highest BCUT2D eigenvalue weighted by Crippen LogP contribution is 2.41. The van der Waals surface area contributed by atoms with Gasteiger partial charge >= 0.3 is 6.18 Å². The fourth-order valence-corrected chi connectivity index (χ4v) is 0.965. The summed E-state index contributed by atoms with van der Waals surface area (Å²) in [4.78, 5) is 0. The van der Waals surface area contributed by atoms with E-state index in [1.165, 1.54) is 0 Å². The molecule has 0 aliphatic carbocycles. The first kappa shape index (κ1) is 9.98. The SMILES string of the molecule is Nc1c(Cl)ccc(C(F)(F)F)c1O. The maximum Gasteiger partial charge on any atom is 0.420 e. The maximum absolute atomic E-state index is 12.1. The maximum atomic E-state index is 12.1. The van der Waals surface area contributed by atoms with Crippen LogP contribution in [0.5, 0.6) is 5.75 Å². The van der Waals surface area contributed by atoms with E-state index in [1.807, 2.05) is 0 Å². The van der Waals surface area contributed by atoms with Crippen molar-refractivity contribution in [3.8, 4) is 5.75 Å². The molecule has 1 rings (SSSR count). The van der Waals surface area contributed by atoms with Crippen LogP contribution in [0.15, 0.2) is 12.1 Å². The Bertz CT molecular complexity index is 337. The Morgan fingerprint density at radius 1 is 1.31 bits per heavy atom. The lowest BCUT2D eigenvalue weighted by atomic mass is 10.1. The van der Waals surface area contributed by atoms with E-state index < -0.39 is 23.2 Å². The molecule has 0 heterocycles. The van der Waals surface area contributed by atoms with Crippen LogP contribution < -0.4 is 5.73 Å². The molecule has 0 unspecified atom stereocenters. The Morgan fingerprint density at radius 2 is 1.85 bits per heavy atom. The van der Waals surface area contributed by atoms with Gasteiger partial charge in [0.2, 0.25) is 0 Å². The van der Waals surface area contributed by atoms with Crippen LogP contribution in [0.2, 0.25) is 5.02 Å². The van der Waals surface area contributed by atoms with Gasteiger partial charge in [0.1, 0.15) is 0 Å². The monoisotopic (exact) mass is 211 g/mol. The van der Waals surface area contributed by atoms with Gasteiger partial charge in [-0.1, -0.05) is 11.6 Å². The molecular formula is C7H5ClF3NO. The molecule has 2 nitrogen and oxygen atoms in total. The lowest BCUT2D eigenvalue weighted by Gasteiger charge is -2.10. The minimum atomic E-state index is -4.62. The zero-order valence-electron chi connectivity index (χ0n) is 6.19. The van der Waals surface area contributed by atoms with E-state index >= 15 is 0 Å². The molecule has 3 N–H and O–H groups in total. The first-order valence-corrected chi connectivity index (χ1v) is 3.56. The van der Waals surface area contributed by atoms with Crippen LogP contribution >= 0.6 is 11.6 Å². The number of phenols is 1. The van der Waals surface area contributed by atoms with Gasteiger partial charge < -0.3 is 10.8 Å². The topological polar surface area (TPSA) is 46.2 Å². The van der Waals surface area contributed by atoms with Crippen molar-refractivity contribution in [2.24, 2.45) is 0 Å². The lowest BCUT2D eigenvalue weighted by Crippen LogP contribution is -2.06. The highest BCUT2D eigenvalue weighted by atomic mass is 35.5. The fraction of sp³-hybridized carbons (Fsp3) is 0.143.